The summed E-state index contributed by atoms with van der Waals surface area (Å²) in [4.78, 5) is 12.0. The highest BCUT2D eigenvalue weighted by Crippen LogP contribution is 2.18. The standard InChI is InChI=1S/C14H17N3O3/c18-14(11-4-8-19-10-11)15-9-12(13-3-1-7-20-13)17-6-2-5-16-17/h1-3,5-7,11-12H,4,8-10H2,(H,15,18)/t11-,12-/m0/s1. The van der Waals surface area contributed by atoms with Crippen molar-refractivity contribution in [3.63, 3.8) is 0 Å². The molecule has 3 heterocycles. The van der Waals surface area contributed by atoms with Crippen molar-refractivity contribution in [1.29, 1.82) is 0 Å². The van der Waals surface area contributed by atoms with Crippen molar-refractivity contribution in [2.24, 2.45) is 5.92 Å². The number of nitrogens with zero attached hydrogens (tertiary/aromatic N) is 2. The summed E-state index contributed by atoms with van der Waals surface area (Å²) < 4.78 is 12.5. The van der Waals surface area contributed by atoms with E-state index in [-0.39, 0.29) is 17.9 Å². The van der Waals surface area contributed by atoms with Gasteiger partial charge in [0.15, 0.2) is 0 Å². The van der Waals surface area contributed by atoms with Gasteiger partial charge in [0.2, 0.25) is 5.91 Å². The third-order valence-corrected chi connectivity index (χ3v) is 3.49. The molecule has 1 aliphatic rings. The van der Waals surface area contributed by atoms with Crippen LogP contribution in [-0.2, 0) is 9.53 Å². The summed E-state index contributed by atoms with van der Waals surface area (Å²) >= 11 is 0. The van der Waals surface area contributed by atoms with Crippen molar-refractivity contribution < 1.29 is 13.9 Å². The van der Waals surface area contributed by atoms with Gasteiger partial charge >= 0.3 is 0 Å². The minimum atomic E-state index is -0.133. The summed E-state index contributed by atoms with van der Waals surface area (Å²) in [5, 5.41) is 7.19. The highest BCUT2D eigenvalue weighted by atomic mass is 16.5. The van der Waals surface area contributed by atoms with Crippen LogP contribution < -0.4 is 5.32 Å². The average molecular weight is 275 g/mol. The van der Waals surface area contributed by atoms with E-state index in [1.54, 1.807) is 17.1 Å². The topological polar surface area (TPSA) is 69.3 Å². The fraction of sp³-hybridized carbons (Fsp3) is 0.429. The van der Waals surface area contributed by atoms with Crippen LogP contribution in [0.5, 0.6) is 0 Å². The molecule has 1 saturated heterocycles. The molecule has 2 aromatic rings. The molecule has 6 nitrogen and oxygen atoms in total. The van der Waals surface area contributed by atoms with E-state index < -0.39 is 0 Å². The first-order valence-electron chi connectivity index (χ1n) is 6.72. The van der Waals surface area contributed by atoms with Gasteiger partial charge in [-0.15, -0.1) is 0 Å². The first-order chi connectivity index (χ1) is 9.84. The number of hydrogen-bond donors (Lipinski definition) is 1. The second kappa shape index (κ2) is 5.92. The molecular weight excluding hydrogens is 258 g/mol. The van der Waals surface area contributed by atoms with Gasteiger partial charge in [-0.1, -0.05) is 0 Å². The van der Waals surface area contributed by atoms with Crippen LogP contribution >= 0.6 is 0 Å². The molecule has 0 saturated carbocycles. The number of hydrogen-bond acceptors (Lipinski definition) is 4. The Balaban J connectivity index is 1.66. The van der Waals surface area contributed by atoms with Crippen molar-refractivity contribution in [3.05, 3.63) is 42.6 Å². The van der Waals surface area contributed by atoms with Gasteiger partial charge < -0.3 is 14.5 Å². The molecule has 0 spiro atoms. The zero-order valence-corrected chi connectivity index (χ0v) is 11.1. The Morgan fingerprint density at radius 3 is 3.15 bits per heavy atom. The molecule has 0 aliphatic carbocycles. The number of amides is 1. The third kappa shape index (κ3) is 2.75. The number of ether oxygens (including phenoxy) is 1. The maximum absolute atomic E-state index is 12.0. The Labute approximate surface area is 116 Å². The zero-order chi connectivity index (χ0) is 13.8. The second-order valence-electron chi connectivity index (χ2n) is 4.82. The molecule has 20 heavy (non-hydrogen) atoms. The fourth-order valence-corrected chi connectivity index (χ4v) is 2.35. The Hall–Kier alpha value is -2.08. The summed E-state index contributed by atoms with van der Waals surface area (Å²) in [5.41, 5.74) is 0. The zero-order valence-electron chi connectivity index (χ0n) is 11.1. The molecule has 0 radical (unpaired) electrons. The van der Waals surface area contributed by atoms with Crippen molar-refractivity contribution in [3.8, 4) is 0 Å². The van der Waals surface area contributed by atoms with Crippen LogP contribution in [0.4, 0.5) is 0 Å². The number of rotatable bonds is 5. The van der Waals surface area contributed by atoms with Crippen molar-refractivity contribution in [2.75, 3.05) is 19.8 Å². The SMILES string of the molecule is O=C(NC[C@@H](c1ccco1)n1cccn1)[C@H]1CCOC1. The smallest absolute Gasteiger partial charge is 0.225 e. The number of carbonyl (C=O) groups is 1. The lowest BCUT2D eigenvalue weighted by Gasteiger charge is -2.17. The molecule has 1 amide bonds. The van der Waals surface area contributed by atoms with Gasteiger partial charge in [-0.3, -0.25) is 9.48 Å². The minimum absolute atomic E-state index is 0.0335. The molecule has 3 rings (SSSR count). The van der Waals surface area contributed by atoms with Crippen LogP contribution in [0.25, 0.3) is 0 Å². The Morgan fingerprint density at radius 2 is 2.50 bits per heavy atom. The molecule has 1 N–H and O–H groups in total. The summed E-state index contributed by atoms with van der Waals surface area (Å²) in [7, 11) is 0. The number of carbonyl (C=O) groups excluding carboxylic acids is 1. The number of nitrogens with one attached hydrogen (secondary N) is 1. The van der Waals surface area contributed by atoms with E-state index in [4.69, 9.17) is 9.15 Å². The largest absolute Gasteiger partial charge is 0.467 e. The summed E-state index contributed by atoms with van der Waals surface area (Å²) in [6.45, 7) is 1.63. The lowest BCUT2D eigenvalue weighted by molar-refractivity contribution is -0.125. The Bertz CT molecular complexity index is 496. The van der Waals surface area contributed by atoms with E-state index >= 15 is 0 Å². The van der Waals surface area contributed by atoms with Crippen LogP contribution in [-0.4, -0.2) is 35.4 Å². The molecule has 2 aromatic heterocycles. The third-order valence-electron chi connectivity index (χ3n) is 3.49. The van der Waals surface area contributed by atoms with E-state index in [9.17, 15) is 4.79 Å². The van der Waals surface area contributed by atoms with Gasteiger partial charge in [-0.2, -0.15) is 5.10 Å². The van der Waals surface area contributed by atoms with Gasteiger partial charge in [0.05, 0.1) is 18.8 Å². The lowest BCUT2D eigenvalue weighted by Crippen LogP contribution is -2.35. The lowest BCUT2D eigenvalue weighted by atomic mass is 10.1. The quantitative estimate of drug-likeness (QED) is 0.890. The highest BCUT2D eigenvalue weighted by Gasteiger charge is 2.25. The second-order valence-corrected chi connectivity index (χ2v) is 4.82. The van der Waals surface area contributed by atoms with Gasteiger partial charge in [0.1, 0.15) is 11.8 Å². The van der Waals surface area contributed by atoms with E-state index in [1.165, 1.54) is 0 Å². The molecule has 0 bridgehead atoms. The normalized spacial score (nSPS) is 19.9. The Morgan fingerprint density at radius 1 is 1.55 bits per heavy atom. The number of furan rings is 1. The molecule has 1 aliphatic heterocycles. The van der Waals surface area contributed by atoms with Crippen LogP contribution in [0, 0.1) is 5.92 Å². The summed E-state index contributed by atoms with van der Waals surface area (Å²) in [6, 6.07) is 5.43. The number of aromatic nitrogens is 2. The minimum Gasteiger partial charge on any atom is -0.467 e. The van der Waals surface area contributed by atoms with Gasteiger partial charge in [-0.25, -0.2) is 0 Å². The molecular formula is C14H17N3O3. The maximum atomic E-state index is 12.0. The average Bonchev–Trinajstić information content (AvgIpc) is 3.22. The fourth-order valence-electron chi connectivity index (χ4n) is 2.35. The van der Waals surface area contributed by atoms with Gasteiger partial charge in [0, 0.05) is 25.5 Å². The summed E-state index contributed by atoms with van der Waals surface area (Å²) in [6.07, 6.45) is 5.98. The van der Waals surface area contributed by atoms with Gasteiger partial charge in [-0.05, 0) is 24.6 Å². The van der Waals surface area contributed by atoms with E-state index in [0.717, 1.165) is 12.2 Å². The molecule has 6 heteroatoms. The van der Waals surface area contributed by atoms with Gasteiger partial charge in [0.25, 0.3) is 0 Å². The Kier molecular flexibility index (Phi) is 3.83. The first-order valence-corrected chi connectivity index (χ1v) is 6.72. The first kappa shape index (κ1) is 12.9. The van der Waals surface area contributed by atoms with Crippen LogP contribution in [0.15, 0.2) is 41.3 Å². The monoisotopic (exact) mass is 275 g/mol. The predicted molar refractivity (Wildman–Crippen MR) is 71.0 cm³/mol. The van der Waals surface area contributed by atoms with Crippen LogP contribution in [0.1, 0.15) is 18.2 Å². The molecule has 1 fully saturated rings. The maximum Gasteiger partial charge on any atom is 0.225 e. The summed E-state index contributed by atoms with van der Waals surface area (Å²) in [5.74, 6) is 0.771. The van der Waals surface area contributed by atoms with E-state index in [0.29, 0.717) is 19.8 Å². The van der Waals surface area contributed by atoms with Crippen molar-refractivity contribution in [2.45, 2.75) is 12.5 Å². The molecule has 0 unspecified atom stereocenters. The highest BCUT2D eigenvalue weighted by molar-refractivity contribution is 5.79. The van der Waals surface area contributed by atoms with Crippen molar-refractivity contribution in [1.82, 2.24) is 15.1 Å². The van der Waals surface area contributed by atoms with E-state index in [2.05, 4.69) is 10.4 Å². The molecule has 2 atom stereocenters. The molecule has 0 aromatic carbocycles. The van der Waals surface area contributed by atoms with Crippen LogP contribution in [0.3, 0.4) is 0 Å². The van der Waals surface area contributed by atoms with Crippen molar-refractivity contribution >= 4 is 5.91 Å². The predicted octanol–water partition coefficient (Wildman–Crippen LogP) is 1.22. The van der Waals surface area contributed by atoms with Crippen LogP contribution in [0.2, 0.25) is 0 Å². The van der Waals surface area contributed by atoms with E-state index in [1.807, 2.05) is 24.4 Å². The molecule has 106 valence electrons.